The molecular weight excluding hydrogens is 456 g/mol. The molecule has 1 atom stereocenters. The fourth-order valence-corrected chi connectivity index (χ4v) is 4.90. The molecule has 2 aromatic carbocycles. The minimum Gasteiger partial charge on any atom is -0.454 e. The largest absolute Gasteiger partial charge is 0.454 e. The van der Waals surface area contributed by atoms with E-state index in [1.807, 2.05) is 24.3 Å². The number of hydrogen-bond acceptors (Lipinski definition) is 5. The number of aromatic amines is 1. The van der Waals surface area contributed by atoms with E-state index in [-0.39, 0.29) is 31.0 Å². The summed E-state index contributed by atoms with van der Waals surface area (Å²) >= 11 is 6.27. The number of nitrogens with one attached hydrogen (secondary N) is 2. The van der Waals surface area contributed by atoms with Crippen LogP contribution in [0.1, 0.15) is 25.3 Å². The third kappa shape index (κ3) is 4.56. The summed E-state index contributed by atoms with van der Waals surface area (Å²) in [4.78, 5) is 33.3. The Hall–Kier alpha value is -3.23. The number of para-hydroxylation sites is 1. The minimum absolute atomic E-state index is 0.161. The zero-order valence-electron chi connectivity index (χ0n) is 19.0. The molecule has 0 radical (unpaired) electrons. The van der Waals surface area contributed by atoms with Gasteiger partial charge < -0.3 is 24.7 Å². The molecule has 34 heavy (non-hydrogen) atoms. The quantitative estimate of drug-likeness (QED) is 0.542. The first-order chi connectivity index (χ1) is 16.5. The molecule has 3 heterocycles. The highest BCUT2D eigenvalue weighted by Gasteiger charge is 2.28. The summed E-state index contributed by atoms with van der Waals surface area (Å²) in [5.41, 5.74) is 1.47. The van der Waals surface area contributed by atoms with Crippen LogP contribution in [0, 0.1) is 0 Å². The monoisotopic (exact) mass is 482 g/mol. The van der Waals surface area contributed by atoms with Gasteiger partial charge in [-0.2, -0.15) is 0 Å². The van der Waals surface area contributed by atoms with Crippen LogP contribution in [0.4, 0.5) is 10.5 Å². The van der Waals surface area contributed by atoms with Crippen LogP contribution in [0.15, 0.2) is 47.3 Å². The van der Waals surface area contributed by atoms with Gasteiger partial charge in [-0.15, -0.1) is 0 Å². The van der Waals surface area contributed by atoms with Gasteiger partial charge in [-0.25, -0.2) is 4.79 Å². The van der Waals surface area contributed by atoms with E-state index in [2.05, 4.69) is 22.1 Å². The number of H-pyrrole nitrogens is 1. The van der Waals surface area contributed by atoms with Crippen molar-refractivity contribution in [3.05, 3.63) is 63.4 Å². The number of pyridine rings is 1. The van der Waals surface area contributed by atoms with Crippen molar-refractivity contribution < 1.29 is 14.3 Å². The van der Waals surface area contributed by atoms with Crippen LogP contribution in [0.2, 0.25) is 5.02 Å². The van der Waals surface area contributed by atoms with Crippen molar-refractivity contribution in [1.29, 1.82) is 0 Å². The van der Waals surface area contributed by atoms with Gasteiger partial charge in [0.05, 0.1) is 22.8 Å². The second-order valence-corrected chi connectivity index (χ2v) is 9.04. The van der Waals surface area contributed by atoms with Crippen LogP contribution in [-0.4, -0.2) is 53.3 Å². The summed E-state index contributed by atoms with van der Waals surface area (Å²) in [6.07, 6.45) is 2.11. The maximum Gasteiger partial charge on any atom is 0.322 e. The fraction of sp³-hybridized carbons (Fsp3) is 0.360. The summed E-state index contributed by atoms with van der Waals surface area (Å²) < 4.78 is 10.9. The topological polar surface area (TPSA) is 86.9 Å². The summed E-state index contributed by atoms with van der Waals surface area (Å²) in [6.45, 7) is 4.92. The number of anilines is 1. The van der Waals surface area contributed by atoms with E-state index in [1.54, 1.807) is 23.1 Å². The van der Waals surface area contributed by atoms with Crippen molar-refractivity contribution in [1.82, 2.24) is 14.8 Å². The number of nitrogens with zero attached hydrogens (tertiary/aromatic N) is 2. The Labute approximate surface area is 202 Å². The van der Waals surface area contributed by atoms with Gasteiger partial charge in [0.2, 0.25) is 6.79 Å². The van der Waals surface area contributed by atoms with E-state index in [1.165, 1.54) is 0 Å². The number of likely N-dealkylation sites (tertiary alicyclic amines) is 1. The zero-order valence-corrected chi connectivity index (χ0v) is 19.7. The van der Waals surface area contributed by atoms with E-state index in [9.17, 15) is 9.59 Å². The van der Waals surface area contributed by atoms with Crippen molar-refractivity contribution in [2.75, 3.05) is 31.7 Å². The lowest BCUT2D eigenvalue weighted by Crippen LogP contribution is -2.45. The molecule has 2 N–H and O–H groups in total. The molecule has 0 saturated carbocycles. The van der Waals surface area contributed by atoms with E-state index in [0.717, 1.165) is 31.3 Å². The molecule has 2 amide bonds. The molecule has 178 valence electrons. The Kier molecular flexibility index (Phi) is 6.34. The Morgan fingerprint density at radius 3 is 2.82 bits per heavy atom. The number of urea groups is 1. The lowest BCUT2D eigenvalue weighted by Gasteiger charge is -2.30. The van der Waals surface area contributed by atoms with E-state index < -0.39 is 0 Å². The third-order valence-electron chi connectivity index (χ3n) is 6.51. The molecular formula is C25H27ClN4O4. The molecule has 3 aromatic rings. The number of aromatic nitrogens is 1. The van der Waals surface area contributed by atoms with Gasteiger partial charge in [0, 0.05) is 29.6 Å². The molecule has 1 saturated heterocycles. The summed E-state index contributed by atoms with van der Waals surface area (Å²) in [5.74, 6) is 1.25. The van der Waals surface area contributed by atoms with Gasteiger partial charge in [-0.1, -0.05) is 30.7 Å². The van der Waals surface area contributed by atoms with Gasteiger partial charge >= 0.3 is 6.03 Å². The first kappa shape index (κ1) is 22.6. The number of ether oxygens (including phenoxy) is 2. The fourth-order valence-electron chi connectivity index (χ4n) is 4.71. The molecule has 8 nitrogen and oxygen atoms in total. The smallest absolute Gasteiger partial charge is 0.322 e. The van der Waals surface area contributed by atoms with Gasteiger partial charge in [0.1, 0.15) is 0 Å². The van der Waals surface area contributed by atoms with Gasteiger partial charge in [-0.3, -0.25) is 9.69 Å². The molecule has 1 aromatic heterocycles. The summed E-state index contributed by atoms with van der Waals surface area (Å²) in [7, 11) is 0. The number of hydrogen-bond donors (Lipinski definition) is 2. The Bertz CT molecular complexity index is 1280. The van der Waals surface area contributed by atoms with E-state index >= 15 is 0 Å². The number of benzene rings is 2. The maximum atomic E-state index is 13.4. The van der Waals surface area contributed by atoms with E-state index in [4.69, 9.17) is 21.1 Å². The van der Waals surface area contributed by atoms with Gasteiger partial charge in [0.15, 0.2) is 11.5 Å². The van der Waals surface area contributed by atoms with Crippen LogP contribution < -0.4 is 20.3 Å². The highest BCUT2D eigenvalue weighted by molar-refractivity contribution is 6.33. The first-order valence-corrected chi connectivity index (χ1v) is 11.9. The van der Waals surface area contributed by atoms with Gasteiger partial charge in [0.25, 0.3) is 5.56 Å². The summed E-state index contributed by atoms with van der Waals surface area (Å²) in [6, 6.07) is 12.5. The molecule has 2 aliphatic rings. The van der Waals surface area contributed by atoms with Crippen LogP contribution in [-0.2, 0) is 6.54 Å². The van der Waals surface area contributed by atoms with Crippen LogP contribution in [0.3, 0.4) is 0 Å². The first-order valence-electron chi connectivity index (χ1n) is 11.5. The van der Waals surface area contributed by atoms with Crippen molar-refractivity contribution in [3.8, 4) is 11.5 Å². The van der Waals surface area contributed by atoms with Crippen molar-refractivity contribution in [2.24, 2.45) is 0 Å². The number of carbonyl (C=O) groups is 1. The molecule has 0 aliphatic carbocycles. The van der Waals surface area contributed by atoms with Crippen molar-refractivity contribution >= 4 is 34.2 Å². The molecule has 2 aliphatic heterocycles. The lowest BCUT2D eigenvalue weighted by molar-refractivity contribution is 0.174. The minimum atomic E-state index is -0.291. The number of amides is 2. The Balaban J connectivity index is 1.44. The van der Waals surface area contributed by atoms with Crippen LogP contribution in [0.5, 0.6) is 11.5 Å². The number of likely N-dealkylation sites (N-methyl/N-ethyl adjacent to an activating group) is 1. The third-order valence-corrected chi connectivity index (χ3v) is 6.84. The molecule has 0 unspecified atom stereocenters. The predicted molar refractivity (Wildman–Crippen MR) is 132 cm³/mol. The summed E-state index contributed by atoms with van der Waals surface area (Å²) in [5, 5.41) is 4.20. The number of halogens is 1. The second kappa shape index (κ2) is 9.56. The average Bonchev–Trinajstić information content (AvgIpc) is 3.47. The van der Waals surface area contributed by atoms with Crippen molar-refractivity contribution in [3.63, 3.8) is 0 Å². The number of carbonyl (C=O) groups excluding carboxylic acids is 1. The highest BCUT2D eigenvalue weighted by atomic mass is 35.5. The molecule has 0 bridgehead atoms. The zero-order chi connectivity index (χ0) is 23.7. The Morgan fingerprint density at radius 2 is 2.03 bits per heavy atom. The second-order valence-electron chi connectivity index (χ2n) is 8.63. The van der Waals surface area contributed by atoms with Crippen LogP contribution >= 0.6 is 11.6 Å². The van der Waals surface area contributed by atoms with Crippen LogP contribution in [0.25, 0.3) is 10.9 Å². The average molecular weight is 483 g/mol. The highest BCUT2D eigenvalue weighted by Crippen LogP contribution is 2.35. The molecule has 5 rings (SSSR count). The SMILES string of the molecule is CCN1CCC[C@H]1CN(Cc1cc2cc3c(cc2[nH]c1=O)OCO3)C(=O)Nc1ccccc1Cl. The predicted octanol–water partition coefficient (Wildman–Crippen LogP) is 4.43. The van der Waals surface area contributed by atoms with Crippen molar-refractivity contribution in [2.45, 2.75) is 32.4 Å². The molecule has 1 fully saturated rings. The standard InChI is InChI=1S/C25H27ClN4O4/c1-2-29-9-5-6-18(29)14-30(25(32)28-20-8-4-3-7-19(20)26)13-17-10-16-11-22-23(34-15-33-22)12-21(16)27-24(17)31/h3-4,7-8,10-12,18H,2,5-6,9,13-15H2,1H3,(H,27,31)(H,28,32)/t18-/m0/s1. The lowest BCUT2D eigenvalue weighted by atomic mass is 10.1. The number of rotatable bonds is 6. The molecule has 9 heteroatoms. The number of fused-ring (bicyclic) bond motifs is 2. The normalized spacial score (nSPS) is 17.3. The maximum absolute atomic E-state index is 13.4. The van der Waals surface area contributed by atoms with Gasteiger partial charge in [-0.05, 0) is 50.2 Å². The van der Waals surface area contributed by atoms with E-state index in [0.29, 0.717) is 39.8 Å². The molecule has 0 spiro atoms. The Morgan fingerprint density at radius 1 is 1.24 bits per heavy atom.